The molecule has 0 bridgehead atoms. The zero-order chi connectivity index (χ0) is 10.6. The van der Waals surface area contributed by atoms with Gasteiger partial charge in [-0.25, -0.2) is 0 Å². The third-order valence-corrected chi connectivity index (χ3v) is 2.86. The fraction of sp³-hybridized carbons (Fsp3) is 1.00. The van der Waals surface area contributed by atoms with Crippen LogP contribution in [-0.4, -0.2) is 62.2 Å². The fourth-order valence-electron chi connectivity index (χ4n) is 1.94. The summed E-state index contributed by atoms with van der Waals surface area (Å²) in [6.45, 7) is 4.53. The van der Waals surface area contributed by atoms with E-state index in [-0.39, 0.29) is 7.43 Å². The molecule has 2 heterocycles. The minimum atomic E-state index is 0. The van der Waals surface area contributed by atoms with Gasteiger partial charge in [-0.3, -0.25) is 0 Å². The maximum absolute atomic E-state index is 5.58. The molecule has 0 aliphatic carbocycles. The van der Waals surface area contributed by atoms with E-state index in [2.05, 4.69) is 23.9 Å². The van der Waals surface area contributed by atoms with E-state index in [1.165, 1.54) is 25.9 Å². The zero-order valence-electron chi connectivity index (χ0n) is 9.45. The van der Waals surface area contributed by atoms with Gasteiger partial charge < -0.3 is 21.3 Å². The first-order valence-corrected chi connectivity index (χ1v) is 5.46. The lowest BCUT2D eigenvalue weighted by molar-refractivity contribution is 0.411. The number of nitrogens with zero attached hydrogens (tertiary/aromatic N) is 2. The highest BCUT2D eigenvalue weighted by atomic mass is 15.1. The Morgan fingerprint density at radius 3 is 1.27 bits per heavy atom. The Balaban J connectivity index is 0.000000245. The Morgan fingerprint density at radius 2 is 1.20 bits per heavy atom. The molecule has 0 spiro atoms. The molecule has 0 aromatic heterocycles. The predicted octanol–water partition coefficient (Wildman–Crippen LogP) is -0.0655. The topological polar surface area (TPSA) is 58.5 Å². The van der Waals surface area contributed by atoms with Crippen molar-refractivity contribution in [2.45, 2.75) is 32.4 Å². The predicted molar refractivity (Wildman–Crippen MR) is 66.9 cm³/mol. The summed E-state index contributed by atoms with van der Waals surface area (Å²) in [6, 6.07) is 0.898. The van der Waals surface area contributed by atoms with Gasteiger partial charge in [-0.05, 0) is 40.0 Å². The van der Waals surface area contributed by atoms with Crippen LogP contribution < -0.4 is 11.5 Å². The van der Waals surface area contributed by atoms with Gasteiger partial charge in [-0.15, -0.1) is 0 Å². The minimum absolute atomic E-state index is 0. The second kappa shape index (κ2) is 7.17. The maximum Gasteiger partial charge on any atom is 0.0179 e. The maximum atomic E-state index is 5.58. The molecule has 2 rings (SSSR count). The largest absolute Gasteiger partial charge is 0.326 e. The molecule has 2 aliphatic heterocycles. The van der Waals surface area contributed by atoms with Gasteiger partial charge in [0.15, 0.2) is 0 Å². The van der Waals surface area contributed by atoms with Crippen molar-refractivity contribution in [2.24, 2.45) is 11.5 Å². The average Bonchev–Trinajstić information content (AvgIpc) is 2.63. The highest BCUT2D eigenvalue weighted by Gasteiger charge is 2.14. The van der Waals surface area contributed by atoms with Gasteiger partial charge in [0.05, 0.1) is 0 Å². The molecule has 4 heteroatoms. The molecule has 0 amide bonds. The van der Waals surface area contributed by atoms with E-state index in [0.717, 1.165) is 13.1 Å². The first-order chi connectivity index (χ1) is 6.58. The Bertz CT molecular complexity index is 129. The molecule has 0 saturated carbocycles. The van der Waals surface area contributed by atoms with Crippen molar-refractivity contribution >= 4 is 0 Å². The molecule has 2 atom stereocenters. The van der Waals surface area contributed by atoms with Crippen molar-refractivity contribution in [1.29, 1.82) is 0 Å². The van der Waals surface area contributed by atoms with E-state index in [4.69, 9.17) is 11.5 Å². The average molecular weight is 216 g/mol. The van der Waals surface area contributed by atoms with Crippen LogP contribution in [0.5, 0.6) is 0 Å². The van der Waals surface area contributed by atoms with Crippen LogP contribution in [0.2, 0.25) is 0 Å². The van der Waals surface area contributed by atoms with E-state index in [1.807, 2.05) is 0 Å². The first kappa shape index (κ1) is 14.8. The second-order valence-corrected chi connectivity index (χ2v) is 4.62. The van der Waals surface area contributed by atoms with Gasteiger partial charge in [0.1, 0.15) is 0 Å². The highest BCUT2D eigenvalue weighted by molar-refractivity contribution is 4.74. The Kier molecular flexibility index (Phi) is 7.09. The molecule has 2 saturated heterocycles. The van der Waals surface area contributed by atoms with E-state index < -0.39 is 0 Å². The van der Waals surface area contributed by atoms with E-state index in [0.29, 0.717) is 12.1 Å². The zero-order valence-corrected chi connectivity index (χ0v) is 9.45. The second-order valence-electron chi connectivity index (χ2n) is 4.62. The summed E-state index contributed by atoms with van der Waals surface area (Å²) >= 11 is 0. The normalized spacial score (nSPS) is 32.0. The molecule has 2 fully saturated rings. The van der Waals surface area contributed by atoms with E-state index in [1.54, 1.807) is 0 Å². The molecule has 0 aromatic rings. The van der Waals surface area contributed by atoms with Crippen molar-refractivity contribution in [3.05, 3.63) is 0 Å². The van der Waals surface area contributed by atoms with Crippen molar-refractivity contribution < 1.29 is 0 Å². The number of rotatable bonds is 0. The summed E-state index contributed by atoms with van der Waals surface area (Å²) in [6.07, 6.45) is 2.35. The lowest BCUT2D eigenvalue weighted by Crippen LogP contribution is -2.23. The first-order valence-electron chi connectivity index (χ1n) is 5.46. The van der Waals surface area contributed by atoms with Crippen molar-refractivity contribution in [2.75, 3.05) is 40.3 Å². The molecule has 4 nitrogen and oxygen atoms in total. The Hall–Kier alpha value is -0.160. The van der Waals surface area contributed by atoms with Gasteiger partial charge in [0.25, 0.3) is 0 Å². The fourth-order valence-corrected chi connectivity index (χ4v) is 1.94. The van der Waals surface area contributed by atoms with Gasteiger partial charge >= 0.3 is 0 Å². The SMILES string of the molecule is C.CN1CC[C@@H](N)C1.CN1CC[C@H](N)C1. The standard InChI is InChI=1S/2C5H12N2.CH4/c2*1-7-3-2-5(6)4-7;/h2*5H,2-4,6H2,1H3;1H4/t2*5-;/m10./s1. The number of nitrogens with two attached hydrogens (primary N) is 2. The van der Waals surface area contributed by atoms with Gasteiger partial charge in [-0.1, -0.05) is 7.43 Å². The molecule has 15 heavy (non-hydrogen) atoms. The van der Waals surface area contributed by atoms with Crippen molar-refractivity contribution in [1.82, 2.24) is 9.80 Å². The summed E-state index contributed by atoms with van der Waals surface area (Å²) in [5.41, 5.74) is 11.2. The van der Waals surface area contributed by atoms with Crippen LogP contribution in [0.4, 0.5) is 0 Å². The summed E-state index contributed by atoms with van der Waals surface area (Å²) in [4.78, 5) is 4.51. The Morgan fingerprint density at radius 1 is 0.867 bits per heavy atom. The highest BCUT2D eigenvalue weighted by Crippen LogP contribution is 2.02. The number of likely N-dealkylation sites (N-methyl/N-ethyl adjacent to an activating group) is 2. The molecule has 2 aliphatic rings. The van der Waals surface area contributed by atoms with E-state index >= 15 is 0 Å². The number of likely N-dealkylation sites (tertiary alicyclic amines) is 2. The lowest BCUT2D eigenvalue weighted by atomic mass is 10.3. The molecule has 0 radical (unpaired) electrons. The van der Waals surface area contributed by atoms with Crippen LogP contribution in [0, 0.1) is 0 Å². The molecule has 92 valence electrons. The smallest absolute Gasteiger partial charge is 0.0179 e. The van der Waals surface area contributed by atoms with Crippen LogP contribution in [0.15, 0.2) is 0 Å². The third-order valence-electron chi connectivity index (χ3n) is 2.86. The minimum Gasteiger partial charge on any atom is -0.326 e. The van der Waals surface area contributed by atoms with Crippen LogP contribution in [0.1, 0.15) is 20.3 Å². The number of hydrogen-bond acceptors (Lipinski definition) is 4. The van der Waals surface area contributed by atoms with Crippen LogP contribution in [0.25, 0.3) is 0 Å². The van der Waals surface area contributed by atoms with Crippen LogP contribution in [-0.2, 0) is 0 Å². The monoisotopic (exact) mass is 216 g/mol. The van der Waals surface area contributed by atoms with Crippen molar-refractivity contribution in [3.8, 4) is 0 Å². The lowest BCUT2D eigenvalue weighted by Gasteiger charge is -2.03. The molecule has 4 N–H and O–H groups in total. The van der Waals surface area contributed by atoms with E-state index in [9.17, 15) is 0 Å². The third kappa shape index (κ3) is 6.10. The molecule has 0 unspecified atom stereocenters. The summed E-state index contributed by atoms with van der Waals surface area (Å²) < 4.78 is 0. The summed E-state index contributed by atoms with van der Waals surface area (Å²) in [5.74, 6) is 0. The summed E-state index contributed by atoms with van der Waals surface area (Å²) in [7, 11) is 4.21. The van der Waals surface area contributed by atoms with Crippen molar-refractivity contribution in [3.63, 3.8) is 0 Å². The summed E-state index contributed by atoms with van der Waals surface area (Å²) in [5, 5.41) is 0. The van der Waals surface area contributed by atoms with Crippen LogP contribution in [0.3, 0.4) is 0 Å². The molecule has 0 aromatic carbocycles. The molecular weight excluding hydrogens is 188 g/mol. The van der Waals surface area contributed by atoms with Gasteiger partial charge in [-0.2, -0.15) is 0 Å². The van der Waals surface area contributed by atoms with Gasteiger partial charge in [0.2, 0.25) is 0 Å². The van der Waals surface area contributed by atoms with Crippen LogP contribution >= 0.6 is 0 Å². The van der Waals surface area contributed by atoms with Gasteiger partial charge in [0, 0.05) is 25.2 Å². The quantitative estimate of drug-likeness (QED) is 0.595. The Labute approximate surface area is 94.6 Å². The number of hydrogen-bond donors (Lipinski definition) is 2. The molecular formula is C11H28N4.